The van der Waals surface area contributed by atoms with E-state index in [0.29, 0.717) is 25.0 Å². The van der Waals surface area contributed by atoms with Crippen molar-refractivity contribution in [2.75, 3.05) is 32.8 Å². The Hall–Kier alpha value is -2.98. The zero-order chi connectivity index (χ0) is 25.8. The molecule has 2 aliphatic heterocycles. The second-order valence-corrected chi connectivity index (χ2v) is 9.90. The average Bonchev–Trinajstić information content (AvgIpc) is 3.28. The molecule has 2 atom stereocenters. The molecule has 0 saturated carbocycles. The maximum atomic E-state index is 12.9. The molecule has 1 fully saturated rings. The van der Waals surface area contributed by atoms with Crippen LogP contribution >= 0.6 is 0 Å². The summed E-state index contributed by atoms with van der Waals surface area (Å²) < 4.78 is 50.0. The largest absolute Gasteiger partial charge is 0.468 e. The number of Topliss-reactive ketones (excluding diaryl/α,β-unsaturated/α-hetero) is 1. The van der Waals surface area contributed by atoms with Gasteiger partial charge in [0.1, 0.15) is 0 Å². The molecule has 1 saturated heterocycles. The summed E-state index contributed by atoms with van der Waals surface area (Å²) >= 11 is 0. The van der Waals surface area contributed by atoms with E-state index in [2.05, 4.69) is 15.0 Å². The lowest BCUT2D eigenvalue weighted by Crippen LogP contribution is -2.33. The Labute approximate surface area is 213 Å². The lowest BCUT2D eigenvalue weighted by atomic mass is 9.91. The molecule has 0 N–H and O–H groups in total. The standard InChI is InChI=1S/C27H31F3N4O3/c28-27(29,30)18-37-26-6-4-20-8-13-33(15-10-23(20)32-26)14-9-21-5-3-19(17-36-21)16-25(35)22-2-1-12-34-24(22)7-11-31-34/h1-2,4,6-7,11-12,19,21H,3,5,8-10,13-18H2/t19-,21-/m1/s1. The van der Waals surface area contributed by atoms with E-state index in [4.69, 9.17) is 9.47 Å². The quantitative estimate of drug-likeness (QED) is 0.410. The number of carbonyl (C=O) groups is 1. The lowest BCUT2D eigenvalue weighted by Gasteiger charge is -2.30. The number of hydrogen-bond acceptors (Lipinski definition) is 6. The van der Waals surface area contributed by atoms with Crippen LogP contribution in [0.15, 0.2) is 42.7 Å². The summed E-state index contributed by atoms with van der Waals surface area (Å²) in [7, 11) is 0. The van der Waals surface area contributed by atoms with Gasteiger partial charge in [-0.3, -0.25) is 4.79 Å². The number of aromatic nitrogens is 3. The minimum Gasteiger partial charge on any atom is -0.468 e. The summed E-state index contributed by atoms with van der Waals surface area (Å²) in [6.07, 6.45) is 4.11. The molecule has 0 radical (unpaired) electrons. The van der Waals surface area contributed by atoms with Crippen LogP contribution in [0.1, 0.15) is 47.3 Å². The highest BCUT2D eigenvalue weighted by Crippen LogP contribution is 2.27. The third-order valence-corrected chi connectivity index (χ3v) is 7.23. The third kappa shape index (κ3) is 6.67. The maximum absolute atomic E-state index is 12.9. The highest BCUT2D eigenvalue weighted by atomic mass is 19.4. The fraction of sp³-hybridized carbons (Fsp3) is 0.519. The fourth-order valence-electron chi connectivity index (χ4n) is 5.20. The molecule has 5 heterocycles. The Balaban J connectivity index is 1.05. The van der Waals surface area contributed by atoms with Crippen LogP contribution < -0.4 is 4.74 Å². The van der Waals surface area contributed by atoms with Crippen molar-refractivity contribution in [2.24, 2.45) is 5.92 Å². The van der Waals surface area contributed by atoms with E-state index in [-0.39, 0.29) is 23.7 Å². The second-order valence-electron chi connectivity index (χ2n) is 9.90. The number of ketones is 1. The zero-order valence-electron chi connectivity index (χ0n) is 20.6. The van der Waals surface area contributed by atoms with Crippen LogP contribution in [0.5, 0.6) is 5.88 Å². The van der Waals surface area contributed by atoms with Crippen LogP contribution in [-0.2, 0) is 17.6 Å². The summed E-state index contributed by atoms with van der Waals surface area (Å²) in [5.41, 5.74) is 3.42. The molecular weight excluding hydrogens is 485 g/mol. The van der Waals surface area contributed by atoms with Gasteiger partial charge in [0.25, 0.3) is 0 Å². The van der Waals surface area contributed by atoms with E-state index < -0.39 is 12.8 Å². The van der Waals surface area contributed by atoms with E-state index in [9.17, 15) is 18.0 Å². The number of nitrogens with zero attached hydrogens (tertiary/aromatic N) is 4. The van der Waals surface area contributed by atoms with Crippen molar-refractivity contribution >= 4 is 11.3 Å². The molecular formula is C27H31F3N4O3. The summed E-state index contributed by atoms with van der Waals surface area (Å²) in [6.45, 7) is 1.83. The smallest absolute Gasteiger partial charge is 0.422 e. The van der Waals surface area contributed by atoms with Crippen LogP contribution in [-0.4, -0.2) is 70.4 Å². The first kappa shape index (κ1) is 25.7. The van der Waals surface area contributed by atoms with Crippen molar-refractivity contribution in [1.29, 1.82) is 0 Å². The van der Waals surface area contributed by atoms with Gasteiger partial charge in [0.15, 0.2) is 12.4 Å². The predicted octanol–water partition coefficient (Wildman–Crippen LogP) is 4.53. The van der Waals surface area contributed by atoms with Crippen molar-refractivity contribution in [2.45, 2.75) is 50.8 Å². The maximum Gasteiger partial charge on any atom is 0.422 e. The Kier molecular flexibility index (Phi) is 7.76. The Morgan fingerprint density at radius 2 is 2.00 bits per heavy atom. The molecule has 0 bridgehead atoms. The molecule has 5 rings (SSSR count). The molecule has 7 nitrogen and oxygen atoms in total. The van der Waals surface area contributed by atoms with E-state index in [1.165, 1.54) is 6.07 Å². The molecule has 3 aromatic heterocycles. The predicted molar refractivity (Wildman–Crippen MR) is 131 cm³/mol. The topological polar surface area (TPSA) is 69.0 Å². The summed E-state index contributed by atoms with van der Waals surface area (Å²) in [4.78, 5) is 19.6. The Bertz CT molecular complexity index is 1220. The van der Waals surface area contributed by atoms with Crippen molar-refractivity contribution in [3.8, 4) is 5.88 Å². The van der Waals surface area contributed by atoms with Crippen LogP contribution in [0, 0.1) is 5.92 Å². The Morgan fingerprint density at radius 1 is 1.14 bits per heavy atom. The number of pyridine rings is 2. The van der Waals surface area contributed by atoms with Crippen molar-refractivity contribution in [1.82, 2.24) is 19.5 Å². The highest BCUT2D eigenvalue weighted by Gasteiger charge is 2.29. The SMILES string of the molecule is O=C(C[C@H]1CC[C@H](CCN2CCc3ccc(OCC(F)(F)F)nc3CC2)OC1)c1cccn2nccc12. The summed E-state index contributed by atoms with van der Waals surface area (Å²) in [5.74, 6) is 0.373. The fourth-order valence-corrected chi connectivity index (χ4v) is 5.20. The van der Waals surface area contributed by atoms with Crippen molar-refractivity contribution in [3.05, 3.63) is 59.5 Å². The summed E-state index contributed by atoms with van der Waals surface area (Å²) in [6, 6.07) is 8.92. The van der Waals surface area contributed by atoms with Crippen LogP contribution in [0.25, 0.3) is 5.52 Å². The number of alkyl halides is 3. The van der Waals surface area contributed by atoms with Gasteiger partial charge < -0.3 is 14.4 Å². The number of ether oxygens (including phenoxy) is 2. The van der Waals surface area contributed by atoms with Gasteiger partial charge in [0.05, 0.1) is 24.4 Å². The van der Waals surface area contributed by atoms with Gasteiger partial charge in [-0.2, -0.15) is 18.3 Å². The third-order valence-electron chi connectivity index (χ3n) is 7.23. The molecule has 10 heteroatoms. The van der Waals surface area contributed by atoms with Crippen molar-refractivity contribution < 1.29 is 27.4 Å². The number of rotatable bonds is 8. The monoisotopic (exact) mass is 516 g/mol. The minimum absolute atomic E-state index is 0.0232. The van der Waals surface area contributed by atoms with Gasteiger partial charge in [0.2, 0.25) is 5.88 Å². The minimum atomic E-state index is -4.38. The van der Waals surface area contributed by atoms with E-state index in [1.54, 1.807) is 10.7 Å². The average molecular weight is 517 g/mol. The molecule has 0 spiro atoms. The molecule has 0 aliphatic carbocycles. The van der Waals surface area contributed by atoms with Gasteiger partial charge in [0, 0.05) is 56.0 Å². The van der Waals surface area contributed by atoms with E-state index in [0.717, 1.165) is 62.1 Å². The lowest BCUT2D eigenvalue weighted by molar-refractivity contribution is -0.154. The first-order valence-electron chi connectivity index (χ1n) is 12.8. The van der Waals surface area contributed by atoms with E-state index >= 15 is 0 Å². The van der Waals surface area contributed by atoms with Crippen molar-refractivity contribution in [3.63, 3.8) is 0 Å². The zero-order valence-corrected chi connectivity index (χ0v) is 20.6. The number of fused-ring (bicyclic) bond motifs is 2. The first-order chi connectivity index (χ1) is 17.8. The van der Waals surface area contributed by atoms with Gasteiger partial charge in [-0.05, 0) is 55.4 Å². The summed E-state index contributed by atoms with van der Waals surface area (Å²) in [5, 5.41) is 4.20. The van der Waals surface area contributed by atoms with Crippen LogP contribution in [0.4, 0.5) is 13.2 Å². The molecule has 3 aromatic rings. The molecule has 0 unspecified atom stereocenters. The van der Waals surface area contributed by atoms with Crippen LogP contribution in [0.2, 0.25) is 0 Å². The normalized spacial score (nSPS) is 20.9. The number of carbonyl (C=O) groups excluding carboxylic acids is 1. The molecule has 0 amide bonds. The highest BCUT2D eigenvalue weighted by molar-refractivity contribution is 6.02. The molecule has 0 aromatic carbocycles. The van der Waals surface area contributed by atoms with Gasteiger partial charge in [-0.25, -0.2) is 9.50 Å². The molecule has 198 valence electrons. The van der Waals surface area contributed by atoms with Crippen LogP contribution in [0.3, 0.4) is 0 Å². The Morgan fingerprint density at radius 3 is 2.81 bits per heavy atom. The van der Waals surface area contributed by atoms with Gasteiger partial charge >= 0.3 is 6.18 Å². The van der Waals surface area contributed by atoms with E-state index in [1.807, 2.05) is 30.5 Å². The molecule has 2 aliphatic rings. The second kappa shape index (κ2) is 11.2. The number of halogens is 3. The number of hydrogen-bond donors (Lipinski definition) is 0. The van der Waals surface area contributed by atoms with Gasteiger partial charge in [-0.1, -0.05) is 6.07 Å². The molecule has 37 heavy (non-hydrogen) atoms. The first-order valence-corrected chi connectivity index (χ1v) is 12.8. The van der Waals surface area contributed by atoms with Gasteiger partial charge in [-0.15, -0.1) is 0 Å².